The molecule has 0 aromatic carbocycles. The Kier molecular flexibility index (Phi) is 4.99. The number of nitrogens with zero attached hydrogens (tertiary/aromatic N) is 2. The maximum absolute atomic E-state index is 3.79. The van der Waals surface area contributed by atoms with E-state index in [2.05, 4.69) is 16.2 Å². The summed E-state index contributed by atoms with van der Waals surface area (Å²) >= 11 is 0. The van der Waals surface area contributed by atoms with Crippen molar-refractivity contribution in [1.82, 2.24) is 9.97 Å². The van der Waals surface area contributed by atoms with Crippen molar-refractivity contribution in [3.63, 3.8) is 0 Å². The standard InChI is InChI=1S/C5H5N2.K/c1-5-4-6-2-3-7-5;/h2,4H,1H3;/q-1;+1. The topological polar surface area (TPSA) is 25.8 Å². The molecule has 0 aliphatic rings. The molecule has 3 heteroatoms. The molecular weight excluding hydrogens is 127 g/mol. The first-order valence-electron chi connectivity index (χ1n) is 2.04. The first-order valence-corrected chi connectivity index (χ1v) is 2.04. The molecule has 0 saturated heterocycles. The second-order valence-corrected chi connectivity index (χ2v) is 1.29. The molecule has 0 N–H and O–H groups in total. The van der Waals surface area contributed by atoms with Crippen LogP contribution in [0.3, 0.4) is 0 Å². The molecule has 1 rings (SSSR count). The second-order valence-electron chi connectivity index (χ2n) is 1.29. The Bertz CT molecular complexity index is 140. The number of hydrogen-bond acceptors (Lipinski definition) is 2. The van der Waals surface area contributed by atoms with E-state index in [1.54, 1.807) is 6.20 Å². The molecule has 8 heavy (non-hydrogen) atoms. The van der Waals surface area contributed by atoms with Crippen molar-refractivity contribution >= 4 is 0 Å². The van der Waals surface area contributed by atoms with Gasteiger partial charge in [-0.1, -0.05) is 12.6 Å². The number of aromatic nitrogens is 2. The molecule has 0 spiro atoms. The number of rotatable bonds is 0. The summed E-state index contributed by atoms with van der Waals surface area (Å²) in [6.45, 7) is 1.88. The fourth-order valence-corrected chi connectivity index (χ4v) is 0.338. The zero-order valence-electron chi connectivity index (χ0n) is 5.05. The molecule has 36 valence electrons. The van der Waals surface area contributed by atoms with Gasteiger partial charge < -0.3 is 9.97 Å². The molecule has 0 aliphatic carbocycles. The van der Waals surface area contributed by atoms with E-state index in [1.165, 1.54) is 6.20 Å². The van der Waals surface area contributed by atoms with Gasteiger partial charge >= 0.3 is 51.4 Å². The SMILES string of the molecule is Cc1cnc[c-]n1.[K+]. The van der Waals surface area contributed by atoms with Gasteiger partial charge in [0.25, 0.3) is 0 Å². The Hall–Kier alpha value is 0.716. The van der Waals surface area contributed by atoms with Crippen LogP contribution in [0.15, 0.2) is 12.4 Å². The monoisotopic (exact) mass is 132 g/mol. The van der Waals surface area contributed by atoms with Crippen LogP contribution in [0.1, 0.15) is 5.69 Å². The van der Waals surface area contributed by atoms with Gasteiger partial charge in [-0.25, -0.2) is 0 Å². The van der Waals surface area contributed by atoms with Crippen LogP contribution in [0, 0.1) is 13.1 Å². The summed E-state index contributed by atoms with van der Waals surface area (Å²) in [6, 6.07) is 0. The van der Waals surface area contributed by atoms with Gasteiger partial charge in [0.2, 0.25) is 0 Å². The zero-order chi connectivity index (χ0) is 5.11. The van der Waals surface area contributed by atoms with Crippen molar-refractivity contribution in [2.45, 2.75) is 6.92 Å². The number of aryl methyl sites for hydroxylation is 1. The molecule has 1 heterocycles. The molecular formula is C5H5KN2. The van der Waals surface area contributed by atoms with E-state index in [-0.39, 0.29) is 51.4 Å². The van der Waals surface area contributed by atoms with Crippen molar-refractivity contribution in [2.24, 2.45) is 0 Å². The summed E-state index contributed by atoms with van der Waals surface area (Å²) in [5.74, 6) is 0. The summed E-state index contributed by atoms with van der Waals surface area (Å²) in [4.78, 5) is 7.56. The van der Waals surface area contributed by atoms with Gasteiger partial charge in [-0.15, -0.1) is 6.20 Å². The molecule has 0 unspecified atom stereocenters. The summed E-state index contributed by atoms with van der Waals surface area (Å²) < 4.78 is 0. The molecule has 1 aromatic heterocycles. The van der Waals surface area contributed by atoms with Gasteiger partial charge in [0.1, 0.15) is 0 Å². The zero-order valence-corrected chi connectivity index (χ0v) is 8.17. The van der Waals surface area contributed by atoms with Crippen LogP contribution in [0.4, 0.5) is 0 Å². The van der Waals surface area contributed by atoms with E-state index >= 15 is 0 Å². The third kappa shape index (κ3) is 2.89. The molecule has 0 bridgehead atoms. The van der Waals surface area contributed by atoms with Crippen LogP contribution >= 0.6 is 0 Å². The largest absolute Gasteiger partial charge is 1.00 e. The predicted molar refractivity (Wildman–Crippen MR) is 25.6 cm³/mol. The van der Waals surface area contributed by atoms with E-state index < -0.39 is 0 Å². The molecule has 0 atom stereocenters. The first kappa shape index (κ1) is 8.72. The minimum absolute atomic E-state index is 0. The quantitative estimate of drug-likeness (QED) is 0.290. The average Bonchev–Trinajstić information content (AvgIpc) is 1.69. The molecule has 0 saturated carbocycles. The number of hydrogen-bond donors (Lipinski definition) is 0. The Labute approximate surface area is 91.2 Å². The normalized spacial score (nSPS) is 7.62. The van der Waals surface area contributed by atoms with Gasteiger partial charge in [-0.2, -0.15) is 0 Å². The molecule has 0 fully saturated rings. The van der Waals surface area contributed by atoms with Crippen molar-refractivity contribution in [1.29, 1.82) is 0 Å². The fraction of sp³-hybridized carbons (Fsp3) is 0.200. The van der Waals surface area contributed by atoms with E-state index in [4.69, 9.17) is 0 Å². The summed E-state index contributed by atoms with van der Waals surface area (Å²) in [5, 5.41) is 0. The minimum atomic E-state index is 0. The van der Waals surface area contributed by atoms with Gasteiger partial charge in [-0.05, 0) is 12.4 Å². The second kappa shape index (κ2) is 4.58. The van der Waals surface area contributed by atoms with Crippen LogP contribution in [0.25, 0.3) is 0 Å². The van der Waals surface area contributed by atoms with Crippen LogP contribution in [-0.2, 0) is 0 Å². The molecule has 0 amide bonds. The van der Waals surface area contributed by atoms with Crippen LogP contribution in [0.5, 0.6) is 0 Å². The van der Waals surface area contributed by atoms with Crippen molar-refractivity contribution in [3.8, 4) is 0 Å². The van der Waals surface area contributed by atoms with E-state index in [0.29, 0.717) is 0 Å². The summed E-state index contributed by atoms with van der Waals surface area (Å²) in [6.07, 6.45) is 5.83. The first-order chi connectivity index (χ1) is 3.39. The van der Waals surface area contributed by atoms with Crippen LogP contribution < -0.4 is 51.4 Å². The molecule has 0 radical (unpaired) electrons. The van der Waals surface area contributed by atoms with E-state index in [9.17, 15) is 0 Å². The molecule has 0 aliphatic heterocycles. The van der Waals surface area contributed by atoms with Crippen LogP contribution in [-0.4, -0.2) is 9.97 Å². The molecule has 1 aromatic rings. The van der Waals surface area contributed by atoms with Gasteiger partial charge in [0, 0.05) is 0 Å². The van der Waals surface area contributed by atoms with Crippen molar-refractivity contribution < 1.29 is 51.4 Å². The summed E-state index contributed by atoms with van der Waals surface area (Å²) in [7, 11) is 0. The summed E-state index contributed by atoms with van der Waals surface area (Å²) in [5.41, 5.74) is 0.905. The minimum Gasteiger partial charge on any atom is -0.453 e. The maximum Gasteiger partial charge on any atom is 1.00 e. The molecule has 2 nitrogen and oxygen atoms in total. The van der Waals surface area contributed by atoms with Crippen molar-refractivity contribution in [3.05, 3.63) is 24.3 Å². The fourth-order valence-electron chi connectivity index (χ4n) is 0.338. The Morgan fingerprint density at radius 1 is 1.62 bits per heavy atom. The Balaban J connectivity index is 0.000000490. The maximum atomic E-state index is 3.79. The third-order valence-electron chi connectivity index (χ3n) is 0.635. The predicted octanol–water partition coefficient (Wildman–Crippen LogP) is -2.41. The average molecular weight is 132 g/mol. The van der Waals surface area contributed by atoms with Gasteiger partial charge in [-0.3, -0.25) is 0 Å². The van der Waals surface area contributed by atoms with Gasteiger partial charge in [0.15, 0.2) is 0 Å². The van der Waals surface area contributed by atoms with Crippen LogP contribution in [0.2, 0.25) is 0 Å². The smallest absolute Gasteiger partial charge is 0.453 e. The van der Waals surface area contributed by atoms with E-state index in [0.717, 1.165) is 5.69 Å². The van der Waals surface area contributed by atoms with Crippen molar-refractivity contribution in [2.75, 3.05) is 0 Å². The third-order valence-corrected chi connectivity index (χ3v) is 0.635. The van der Waals surface area contributed by atoms with Gasteiger partial charge in [0.05, 0.1) is 0 Å². The Morgan fingerprint density at radius 3 is 2.62 bits per heavy atom. The van der Waals surface area contributed by atoms with E-state index in [1.807, 2.05) is 6.92 Å². The Morgan fingerprint density at radius 2 is 2.38 bits per heavy atom.